The highest BCUT2D eigenvalue weighted by molar-refractivity contribution is 7.92. The predicted octanol–water partition coefficient (Wildman–Crippen LogP) is 2.91. The predicted molar refractivity (Wildman–Crippen MR) is 140 cm³/mol. The van der Waals surface area contributed by atoms with Crippen LogP contribution >= 0.6 is 0 Å². The van der Waals surface area contributed by atoms with E-state index in [-0.39, 0.29) is 34.1 Å². The third kappa shape index (κ3) is 6.78. The van der Waals surface area contributed by atoms with E-state index in [1.54, 1.807) is 54.6 Å². The van der Waals surface area contributed by atoms with Crippen molar-refractivity contribution in [1.82, 2.24) is 5.32 Å². The molecule has 0 unspecified atom stereocenters. The Morgan fingerprint density at radius 3 is 2.27 bits per heavy atom. The van der Waals surface area contributed by atoms with Gasteiger partial charge in [0.1, 0.15) is 18.0 Å². The van der Waals surface area contributed by atoms with Crippen LogP contribution in [0.15, 0.2) is 77.7 Å². The minimum Gasteiger partial charge on any atom is -0.497 e. The summed E-state index contributed by atoms with van der Waals surface area (Å²) < 4.78 is 43.9. The molecule has 0 spiro atoms. The minimum atomic E-state index is -4.20. The summed E-state index contributed by atoms with van der Waals surface area (Å²) in [6.07, 6.45) is 0. The van der Waals surface area contributed by atoms with Gasteiger partial charge in [-0.3, -0.25) is 13.9 Å². The fourth-order valence-electron chi connectivity index (χ4n) is 3.48. The maximum absolute atomic E-state index is 13.7. The number of sulfonamides is 1. The Morgan fingerprint density at radius 1 is 0.892 bits per heavy atom. The van der Waals surface area contributed by atoms with Crippen LogP contribution in [0, 0.1) is 0 Å². The molecule has 0 bridgehead atoms. The van der Waals surface area contributed by atoms with Crippen LogP contribution in [0.1, 0.15) is 10.4 Å². The number of carbonyl (C=O) groups is 2. The monoisotopic (exact) mass is 527 g/mol. The summed E-state index contributed by atoms with van der Waals surface area (Å²) in [7, 11) is 0.171. The molecule has 37 heavy (non-hydrogen) atoms. The van der Waals surface area contributed by atoms with Crippen molar-refractivity contribution in [3.8, 4) is 11.5 Å². The number of carbonyl (C=O) groups excluding carboxylic acids is 2. The van der Waals surface area contributed by atoms with Crippen LogP contribution in [0.5, 0.6) is 11.5 Å². The fourth-order valence-corrected chi connectivity index (χ4v) is 4.93. The molecule has 0 aliphatic rings. The highest BCUT2D eigenvalue weighted by atomic mass is 32.2. The second-order valence-corrected chi connectivity index (χ2v) is 9.57. The first-order valence-electron chi connectivity index (χ1n) is 11.3. The lowest BCUT2D eigenvalue weighted by Crippen LogP contribution is -2.38. The van der Waals surface area contributed by atoms with Gasteiger partial charge in [-0.1, -0.05) is 30.3 Å². The number of hydrogen-bond acceptors (Lipinski definition) is 7. The molecule has 0 aliphatic carbocycles. The van der Waals surface area contributed by atoms with Gasteiger partial charge in [0, 0.05) is 19.7 Å². The molecular formula is C26H29N3O7S. The lowest BCUT2D eigenvalue weighted by molar-refractivity contribution is -0.114. The van der Waals surface area contributed by atoms with Gasteiger partial charge in [0.2, 0.25) is 5.91 Å². The van der Waals surface area contributed by atoms with E-state index in [0.717, 1.165) is 4.31 Å². The van der Waals surface area contributed by atoms with Crippen LogP contribution in [0.4, 0.5) is 11.4 Å². The van der Waals surface area contributed by atoms with E-state index in [2.05, 4.69) is 10.6 Å². The fraction of sp³-hybridized carbons (Fsp3) is 0.231. The van der Waals surface area contributed by atoms with E-state index in [9.17, 15) is 18.0 Å². The summed E-state index contributed by atoms with van der Waals surface area (Å²) in [6.45, 7) is 0.0195. The molecule has 3 aromatic carbocycles. The first-order chi connectivity index (χ1) is 17.8. The Balaban J connectivity index is 1.97. The zero-order valence-electron chi connectivity index (χ0n) is 20.8. The van der Waals surface area contributed by atoms with Crippen molar-refractivity contribution < 1.29 is 32.2 Å². The van der Waals surface area contributed by atoms with Crippen LogP contribution in [0.2, 0.25) is 0 Å². The third-order valence-electron chi connectivity index (χ3n) is 5.31. The lowest BCUT2D eigenvalue weighted by Gasteiger charge is -2.26. The topological polar surface area (TPSA) is 123 Å². The van der Waals surface area contributed by atoms with Gasteiger partial charge in [-0.05, 0) is 36.4 Å². The van der Waals surface area contributed by atoms with Crippen LogP contribution in [0.3, 0.4) is 0 Å². The van der Waals surface area contributed by atoms with E-state index in [1.165, 1.54) is 39.5 Å². The van der Waals surface area contributed by atoms with Gasteiger partial charge < -0.3 is 24.8 Å². The summed E-state index contributed by atoms with van der Waals surface area (Å²) >= 11 is 0. The summed E-state index contributed by atoms with van der Waals surface area (Å²) in [4.78, 5) is 25.8. The van der Waals surface area contributed by atoms with Gasteiger partial charge in [0.25, 0.3) is 15.9 Å². The summed E-state index contributed by atoms with van der Waals surface area (Å²) in [5.41, 5.74) is 0.576. The number of ether oxygens (including phenoxy) is 3. The lowest BCUT2D eigenvalue weighted by atomic mass is 10.1. The van der Waals surface area contributed by atoms with Gasteiger partial charge >= 0.3 is 0 Å². The normalized spacial score (nSPS) is 10.9. The van der Waals surface area contributed by atoms with E-state index in [0.29, 0.717) is 12.4 Å². The Hall–Kier alpha value is -4.09. The Kier molecular flexibility index (Phi) is 9.47. The maximum atomic E-state index is 13.7. The summed E-state index contributed by atoms with van der Waals surface area (Å²) in [5.74, 6) is -0.466. The van der Waals surface area contributed by atoms with Crippen LogP contribution in [0.25, 0.3) is 0 Å². The molecule has 0 saturated heterocycles. The van der Waals surface area contributed by atoms with Gasteiger partial charge in [0.05, 0.1) is 42.7 Å². The molecule has 0 aliphatic heterocycles. The molecule has 0 radical (unpaired) electrons. The maximum Gasteiger partial charge on any atom is 0.264 e. The average molecular weight is 528 g/mol. The average Bonchev–Trinajstić information content (AvgIpc) is 2.92. The minimum absolute atomic E-state index is 0.00871. The molecule has 3 aromatic rings. The summed E-state index contributed by atoms with van der Waals surface area (Å²) in [5, 5.41) is 5.36. The number of methoxy groups -OCH3 is 3. The first-order valence-corrected chi connectivity index (χ1v) is 12.7. The number of nitrogens with one attached hydrogen (secondary N) is 2. The standard InChI is InChI=1S/C26H29N3O7S/c1-34-16-15-27-26(31)21-11-7-8-12-22(21)28-25(30)18-29(37(32,33)20-9-5-4-6-10-20)23-17-19(35-2)13-14-24(23)36-3/h4-14,17H,15-16,18H2,1-3H3,(H,27,31)(H,28,30). The molecule has 0 heterocycles. The summed E-state index contributed by atoms with van der Waals surface area (Å²) in [6, 6.07) is 18.8. The molecule has 2 N–H and O–H groups in total. The number of nitrogens with zero attached hydrogens (tertiary/aromatic N) is 1. The zero-order chi connectivity index (χ0) is 26.8. The molecule has 2 amide bonds. The number of anilines is 2. The number of benzene rings is 3. The number of para-hydroxylation sites is 1. The Labute approximate surface area is 216 Å². The molecule has 3 rings (SSSR count). The third-order valence-corrected chi connectivity index (χ3v) is 7.08. The van der Waals surface area contributed by atoms with Gasteiger partial charge in [-0.2, -0.15) is 0 Å². The van der Waals surface area contributed by atoms with E-state index in [4.69, 9.17) is 14.2 Å². The van der Waals surface area contributed by atoms with Crippen molar-refractivity contribution in [2.75, 3.05) is 50.6 Å². The zero-order valence-corrected chi connectivity index (χ0v) is 21.6. The molecule has 0 fully saturated rings. The van der Waals surface area contributed by atoms with Gasteiger partial charge in [0.15, 0.2) is 0 Å². The van der Waals surface area contributed by atoms with Gasteiger partial charge in [-0.25, -0.2) is 8.42 Å². The van der Waals surface area contributed by atoms with Crippen molar-refractivity contribution in [3.05, 3.63) is 78.4 Å². The number of rotatable bonds is 12. The molecule has 0 aromatic heterocycles. The molecule has 10 nitrogen and oxygen atoms in total. The number of hydrogen-bond donors (Lipinski definition) is 2. The largest absolute Gasteiger partial charge is 0.497 e. The van der Waals surface area contributed by atoms with Gasteiger partial charge in [-0.15, -0.1) is 0 Å². The molecular weight excluding hydrogens is 498 g/mol. The SMILES string of the molecule is COCCNC(=O)c1ccccc1NC(=O)CN(c1cc(OC)ccc1OC)S(=O)(=O)c1ccccc1. The quantitative estimate of drug-likeness (QED) is 0.347. The van der Waals surface area contributed by atoms with Crippen molar-refractivity contribution in [3.63, 3.8) is 0 Å². The molecule has 11 heteroatoms. The molecule has 0 atom stereocenters. The number of amides is 2. The second kappa shape index (κ2) is 12.7. The Morgan fingerprint density at radius 2 is 1.59 bits per heavy atom. The molecule has 196 valence electrons. The van der Waals surface area contributed by atoms with Crippen LogP contribution < -0.4 is 24.4 Å². The highest BCUT2D eigenvalue weighted by Crippen LogP contribution is 2.35. The second-order valence-electron chi connectivity index (χ2n) is 7.70. The van der Waals surface area contributed by atoms with E-state index >= 15 is 0 Å². The Bertz CT molecular complexity index is 1330. The van der Waals surface area contributed by atoms with Crippen molar-refractivity contribution in [1.29, 1.82) is 0 Å². The van der Waals surface area contributed by atoms with Crippen molar-refractivity contribution in [2.24, 2.45) is 0 Å². The van der Waals surface area contributed by atoms with Crippen LogP contribution in [-0.4, -0.2) is 61.3 Å². The smallest absolute Gasteiger partial charge is 0.264 e. The highest BCUT2D eigenvalue weighted by Gasteiger charge is 2.30. The van der Waals surface area contributed by atoms with Crippen LogP contribution in [-0.2, 0) is 19.6 Å². The molecule has 0 saturated carbocycles. The van der Waals surface area contributed by atoms with Crippen molar-refractivity contribution in [2.45, 2.75) is 4.90 Å². The first kappa shape index (κ1) is 27.5. The van der Waals surface area contributed by atoms with Crippen molar-refractivity contribution >= 4 is 33.2 Å². The van der Waals surface area contributed by atoms with E-state index < -0.39 is 28.4 Å². The van der Waals surface area contributed by atoms with E-state index in [1.807, 2.05) is 0 Å².